The average Bonchev–Trinajstić information content (AvgIpc) is 2.35. The minimum absolute atomic E-state index is 0.148. The van der Waals surface area contributed by atoms with Crippen LogP contribution in [0.25, 0.3) is 0 Å². The van der Waals surface area contributed by atoms with Crippen LogP contribution in [-0.4, -0.2) is 24.9 Å². The highest BCUT2D eigenvalue weighted by molar-refractivity contribution is 6.30. The van der Waals surface area contributed by atoms with Crippen molar-refractivity contribution in [1.82, 2.24) is 5.32 Å². The first kappa shape index (κ1) is 15.3. The third kappa shape index (κ3) is 4.16. The molecule has 0 aromatic heterocycles. The highest BCUT2D eigenvalue weighted by Gasteiger charge is 2.14. The van der Waals surface area contributed by atoms with Gasteiger partial charge in [0.15, 0.2) is 0 Å². The van der Waals surface area contributed by atoms with E-state index in [4.69, 9.17) is 16.3 Å². The molecular formula is C14H22ClNO2. The van der Waals surface area contributed by atoms with Crippen molar-refractivity contribution < 1.29 is 9.84 Å². The molecule has 1 aromatic rings. The molecule has 0 aliphatic heterocycles. The van der Waals surface area contributed by atoms with Crippen molar-refractivity contribution in [1.29, 1.82) is 0 Å². The fraction of sp³-hybridized carbons (Fsp3) is 0.571. The molecule has 0 aliphatic carbocycles. The molecule has 1 rings (SSSR count). The van der Waals surface area contributed by atoms with E-state index in [9.17, 15) is 5.11 Å². The third-order valence-corrected chi connectivity index (χ3v) is 3.29. The normalized spacial score (nSPS) is 14.6. The maximum Gasteiger partial charge on any atom is 0.124 e. The average molecular weight is 272 g/mol. The molecule has 3 nitrogen and oxygen atoms in total. The quantitative estimate of drug-likeness (QED) is 0.836. The van der Waals surface area contributed by atoms with E-state index < -0.39 is 6.10 Å². The number of halogens is 1. The fourth-order valence-corrected chi connectivity index (χ4v) is 1.69. The topological polar surface area (TPSA) is 41.5 Å². The zero-order chi connectivity index (χ0) is 13.7. The highest BCUT2D eigenvalue weighted by Crippen LogP contribution is 2.28. The maximum absolute atomic E-state index is 9.76. The van der Waals surface area contributed by atoms with Crippen molar-refractivity contribution in [2.24, 2.45) is 5.92 Å². The number of benzene rings is 1. The molecule has 0 spiro atoms. The van der Waals surface area contributed by atoms with Gasteiger partial charge in [-0.1, -0.05) is 25.4 Å². The lowest BCUT2D eigenvalue weighted by atomic mass is 10.1. The van der Waals surface area contributed by atoms with E-state index in [1.807, 2.05) is 40.0 Å². The van der Waals surface area contributed by atoms with Crippen LogP contribution in [0.4, 0.5) is 0 Å². The molecule has 0 saturated carbocycles. The standard InChI is InChI=1S/C14H22ClNO2/c1-9(2)13(17)8-18-14-6-5-11(15)7-12(14)10(3)16-4/h5-7,9-10,13,16-17H,8H2,1-4H3. The molecule has 1 aromatic carbocycles. The summed E-state index contributed by atoms with van der Waals surface area (Å²) < 4.78 is 5.69. The molecule has 4 heteroatoms. The third-order valence-electron chi connectivity index (χ3n) is 3.05. The Labute approximate surface area is 114 Å². The second kappa shape index (κ2) is 6.98. The van der Waals surface area contributed by atoms with Gasteiger partial charge in [0.25, 0.3) is 0 Å². The number of hydrogen-bond acceptors (Lipinski definition) is 3. The van der Waals surface area contributed by atoms with Crippen molar-refractivity contribution in [3.63, 3.8) is 0 Å². The summed E-state index contributed by atoms with van der Waals surface area (Å²) in [5.74, 6) is 0.948. The Kier molecular flexibility index (Phi) is 5.93. The van der Waals surface area contributed by atoms with E-state index in [0.717, 1.165) is 11.3 Å². The lowest BCUT2D eigenvalue weighted by Gasteiger charge is -2.20. The van der Waals surface area contributed by atoms with Gasteiger partial charge < -0.3 is 15.2 Å². The van der Waals surface area contributed by atoms with Crippen molar-refractivity contribution >= 4 is 11.6 Å². The van der Waals surface area contributed by atoms with Gasteiger partial charge in [-0.2, -0.15) is 0 Å². The predicted molar refractivity (Wildman–Crippen MR) is 75.3 cm³/mol. The Morgan fingerprint density at radius 1 is 1.33 bits per heavy atom. The molecule has 0 bridgehead atoms. The second-order valence-electron chi connectivity index (χ2n) is 4.81. The first-order valence-corrected chi connectivity index (χ1v) is 6.61. The fourth-order valence-electron chi connectivity index (χ4n) is 1.51. The molecule has 18 heavy (non-hydrogen) atoms. The Morgan fingerprint density at radius 3 is 2.56 bits per heavy atom. The summed E-state index contributed by atoms with van der Waals surface area (Å²) >= 11 is 6.00. The summed E-state index contributed by atoms with van der Waals surface area (Å²) in [6, 6.07) is 5.68. The summed E-state index contributed by atoms with van der Waals surface area (Å²) in [5, 5.41) is 13.6. The monoisotopic (exact) mass is 271 g/mol. The molecule has 102 valence electrons. The first-order chi connectivity index (χ1) is 8.45. The minimum atomic E-state index is -0.460. The number of ether oxygens (including phenoxy) is 1. The van der Waals surface area contributed by atoms with Crippen LogP contribution in [0, 0.1) is 5.92 Å². The summed E-state index contributed by atoms with van der Waals surface area (Å²) in [6.45, 7) is 6.26. The summed E-state index contributed by atoms with van der Waals surface area (Å²) in [4.78, 5) is 0. The molecule has 2 unspecified atom stereocenters. The highest BCUT2D eigenvalue weighted by atomic mass is 35.5. The van der Waals surface area contributed by atoms with E-state index in [0.29, 0.717) is 11.6 Å². The van der Waals surface area contributed by atoms with E-state index in [1.54, 1.807) is 6.07 Å². The van der Waals surface area contributed by atoms with Crippen LogP contribution in [0.15, 0.2) is 18.2 Å². The van der Waals surface area contributed by atoms with Gasteiger partial charge in [0.1, 0.15) is 12.4 Å². The van der Waals surface area contributed by atoms with E-state index >= 15 is 0 Å². The molecule has 0 saturated heterocycles. The number of aliphatic hydroxyl groups is 1. The van der Waals surface area contributed by atoms with E-state index in [-0.39, 0.29) is 12.0 Å². The van der Waals surface area contributed by atoms with Crippen LogP contribution in [0.3, 0.4) is 0 Å². The van der Waals surface area contributed by atoms with Crippen LogP contribution in [0.2, 0.25) is 5.02 Å². The lowest BCUT2D eigenvalue weighted by Crippen LogP contribution is -2.24. The molecule has 2 atom stereocenters. The van der Waals surface area contributed by atoms with Gasteiger partial charge in [-0.05, 0) is 38.1 Å². The molecule has 0 fully saturated rings. The molecule has 0 aliphatic rings. The summed E-state index contributed by atoms with van der Waals surface area (Å²) in [5.41, 5.74) is 1.00. The van der Waals surface area contributed by atoms with Gasteiger partial charge in [-0.15, -0.1) is 0 Å². The first-order valence-electron chi connectivity index (χ1n) is 6.23. The lowest BCUT2D eigenvalue weighted by molar-refractivity contribution is 0.0695. The number of hydrogen-bond donors (Lipinski definition) is 2. The smallest absolute Gasteiger partial charge is 0.124 e. The Balaban J connectivity index is 2.81. The predicted octanol–water partition coefficient (Wildman–Crippen LogP) is 3.02. The second-order valence-corrected chi connectivity index (χ2v) is 5.25. The van der Waals surface area contributed by atoms with E-state index in [1.165, 1.54) is 0 Å². The van der Waals surface area contributed by atoms with Crippen molar-refractivity contribution in [3.8, 4) is 5.75 Å². The maximum atomic E-state index is 9.76. The zero-order valence-corrected chi connectivity index (χ0v) is 12.2. The van der Waals surface area contributed by atoms with Gasteiger partial charge in [0.2, 0.25) is 0 Å². The van der Waals surface area contributed by atoms with Crippen LogP contribution >= 0.6 is 11.6 Å². The van der Waals surface area contributed by atoms with Crippen LogP contribution < -0.4 is 10.1 Å². The zero-order valence-electron chi connectivity index (χ0n) is 11.4. The van der Waals surface area contributed by atoms with Gasteiger partial charge >= 0.3 is 0 Å². The Morgan fingerprint density at radius 2 is 2.00 bits per heavy atom. The SMILES string of the molecule is CNC(C)c1cc(Cl)ccc1OCC(O)C(C)C. The molecule has 0 heterocycles. The molecule has 0 radical (unpaired) electrons. The molecule has 0 amide bonds. The summed E-state index contributed by atoms with van der Waals surface area (Å²) in [6.07, 6.45) is -0.460. The largest absolute Gasteiger partial charge is 0.491 e. The van der Waals surface area contributed by atoms with Gasteiger partial charge in [0, 0.05) is 16.6 Å². The summed E-state index contributed by atoms with van der Waals surface area (Å²) in [7, 11) is 1.89. The Hall–Kier alpha value is -0.770. The number of rotatable bonds is 6. The molecule has 2 N–H and O–H groups in total. The van der Waals surface area contributed by atoms with Crippen LogP contribution in [0.5, 0.6) is 5.75 Å². The number of nitrogens with one attached hydrogen (secondary N) is 1. The van der Waals surface area contributed by atoms with Crippen molar-refractivity contribution in [2.45, 2.75) is 32.9 Å². The van der Waals surface area contributed by atoms with Gasteiger partial charge in [-0.3, -0.25) is 0 Å². The minimum Gasteiger partial charge on any atom is -0.491 e. The number of aliphatic hydroxyl groups excluding tert-OH is 1. The van der Waals surface area contributed by atoms with Gasteiger partial charge in [-0.25, -0.2) is 0 Å². The molecular weight excluding hydrogens is 250 g/mol. The van der Waals surface area contributed by atoms with Crippen LogP contribution in [-0.2, 0) is 0 Å². The van der Waals surface area contributed by atoms with Crippen molar-refractivity contribution in [2.75, 3.05) is 13.7 Å². The Bertz CT molecular complexity index is 382. The van der Waals surface area contributed by atoms with Gasteiger partial charge in [0.05, 0.1) is 6.10 Å². The van der Waals surface area contributed by atoms with Crippen LogP contribution in [0.1, 0.15) is 32.4 Å². The van der Waals surface area contributed by atoms with E-state index in [2.05, 4.69) is 5.32 Å². The van der Waals surface area contributed by atoms with Crippen molar-refractivity contribution in [3.05, 3.63) is 28.8 Å².